The number of rotatable bonds is 4. The zero-order chi connectivity index (χ0) is 18.0. The van der Waals surface area contributed by atoms with E-state index in [0.717, 1.165) is 11.1 Å². The van der Waals surface area contributed by atoms with Crippen molar-refractivity contribution in [3.8, 4) is 0 Å². The van der Waals surface area contributed by atoms with Gasteiger partial charge < -0.3 is 0 Å². The average molecular weight is 378 g/mol. The Bertz CT molecular complexity index is 835. The second-order valence-electron chi connectivity index (χ2n) is 5.49. The molecule has 0 saturated heterocycles. The van der Waals surface area contributed by atoms with Crippen molar-refractivity contribution in [1.82, 2.24) is 5.01 Å². The number of nitrogens with zero attached hydrogens (tertiary/aromatic N) is 3. The number of carbonyl (C=O) groups is 1. The van der Waals surface area contributed by atoms with Crippen molar-refractivity contribution in [3.63, 3.8) is 0 Å². The fraction of sp³-hybridized carbons (Fsp3) is 0.176. The van der Waals surface area contributed by atoms with Gasteiger partial charge in [-0.25, -0.2) is 5.01 Å². The van der Waals surface area contributed by atoms with Gasteiger partial charge in [0.05, 0.1) is 16.7 Å². The lowest BCUT2D eigenvalue weighted by molar-refractivity contribution is -0.384. The Hall–Kier alpha value is -2.44. The Labute approximate surface area is 153 Å². The van der Waals surface area contributed by atoms with Crippen molar-refractivity contribution < 1.29 is 9.72 Å². The molecule has 3 rings (SSSR count). The molecule has 1 heterocycles. The molecule has 0 aliphatic carbocycles. The van der Waals surface area contributed by atoms with Crippen molar-refractivity contribution >= 4 is 40.5 Å². The third kappa shape index (κ3) is 3.65. The number of hydrazone groups is 1. The van der Waals surface area contributed by atoms with Gasteiger partial charge in [0.15, 0.2) is 0 Å². The van der Waals surface area contributed by atoms with Gasteiger partial charge in [0.1, 0.15) is 5.88 Å². The van der Waals surface area contributed by atoms with Crippen LogP contribution in [-0.4, -0.2) is 27.4 Å². The molecule has 0 spiro atoms. The predicted octanol–water partition coefficient (Wildman–Crippen LogP) is 4.16. The van der Waals surface area contributed by atoms with Crippen LogP contribution in [-0.2, 0) is 4.79 Å². The number of nitro groups is 1. The van der Waals surface area contributed by atoms with E-state index in [4.69, 9.17) is 23.2 Å². The molecule has 2 aromatic rings. The van der Waals surface area contributed by atoms with Gasteiger partial charge in [-0.15, -0.1) is 11.6 Å². The van der Waals surface area contributed by atoms with Gasteiger partial charge in [-0.2, -0.15) is 5.10 Å². The minimum Gasteiger partial charge on any atom is -0.272 e. The Morgan fingerprint density at radius 3 is 2.40 bits per heavy atom. The highest BCUT2D eigenvalue weighted by Crippen LogP contribution is 2.33. The Morgan fingerprint density at radius 1 is 1.20 bits per heavy atom. The topological polar surface area (TPSA) is 75.8 Å². The molecule has 25 heavy (non-hydrogen) atoms. The highest BCUT2D eigenvalue weighted by atomic mass is 35.5. The van der Waals surface area contributed by atoms with E-state index in [-0.39, 0.29) is 23.5 Å². The fourth-order valence-electron chi connectivity index (χ4n) is 2.70. The minimum absolute atomic E-state index is 0.00490. The summed E-state index contributed by atoms with van der Waals surface area (Å²) in [5.41, 5.74) is 2.30. The first-order valence-electron chi connectivity index (χ1n) is 7.45. The van der Waals surface area contributed by atoms with Crippen LogP contribution in [0, 0.1) is 10.1 Å². The molecule has 1 aliphatic heterocycles. The normalized spacial score (nSPS) is 16.6. The van der Waals surface area contributed by atoms with E-state index in [2.05, 4.69) is 5.10 Å². The Kier molecular flexibility index (Phi) is 5.01. The Balaban J connectivity index is 1.92. The fourth-order valence-corrected chi connectivity index (χ4v) is 2.94. The maximum absolute atomic E-state index is 12.2. The molecule has 0 radical (unpaired) electrons. The molecule has 6 nitrogen and oxygen atoms in total. The van der Waals surface area contributed by atoms with E-state index in [1.165, 1.54) is 17.1 Å². The van der Waals surface area contributed by atoms with Crippen LogP contribution in [0.3, 0.4) is 0 Å². The molecule has 1 aliphatic rings. The maximum Gasteiger partial charge on any atom is 0.269 e. The standard InChI is InChI=1S/C17H13Cl2N3O3/c18-10-17(23)21-16(12-1-5-13(19)6-2-12)9-15(20-21)11-3-7-14(8-4-11)22(24)25/h1-8,16H,9-10H2. The van der Waals surface area contributed by atoms with E-state index in [0.29, 0.717) is 17.2 Å². The van der Waals surface area contributed by atoms with Crippen LogP contribution in [0.4, 0.5) is 5.69 Å². The molecule has 0 bridgehead atoms. The second-order valence-corrected chi connectivity index (χ2v) is 6.20. The summed E-state index contributed by atoms with van der Waals surface area (Å²) >= 11 is 11.6. The van der Waals surface area contributed by atoms with Gasteiger partial charge in [0.2, 0.25) is 0 Å². The number of amides is 1. The first-order valence-corrected chi connectivity index (χ1v) is 8.36. The summed E-state index contributed by atoms with van der Waals surface area (Å²) in [6.07, 6.45) is 0.488. The highest BCUT2D eigenvalue weighted by molar-refractivity contribution is 6.30. The summed E-state index contributed by atoms with van der Waals surface area (Å²) in [7, 11) is 0. The summed E-state index contributed by atoms with van der Waals surface area (Å²) in [6.45, 7) is 0. The lowest BCUT2D eigenvalue weighted by Gasteiger charge is -2.21. The number of nitro benzene ring substituents is 1. The summed E-state index contributed by atoms with van der Waals surface area (Å²) < 4.78 is 0. The van der Waals surface area contributed by atoms with Crippen LogP contribution in [0.15, 0.2) is 53.6 Å². The van der Waals surface area contributed by atoms with Crippen LogP contribution in [0.1, 0.15) is 23.6 Å². The number of non-ortho nitro benzene ring substituents is 1. The number of halogens is 2. The smallest absolute Gasteiger partial charge is 0.269 e. The van der Waals surface area contributed by atoms with Crippen molar-refractivity contribution in [2.24, 2.45) is 5.10 Å². The van der Waals surface area contributed by atoms with Crippen LogP contribution < -0.4 is 0 Å². The minimum atomic E-state index is -0.458. The van der Waals surface area contributed by atoms with Gasteiger partial charge in [-0.3, -0.25) is 14.9 Å². The Morgan fingerprint density at radius 2 is 1.84 bits per heavy atom. The first-order chi connectivity index (χ1) is 12.0. The first kappa shape index (κ1) is 17.4. The molecule has 128 valence electrons. The summed E-state index contributed by atoms with van der Waals surface area (Å²) in [5, 5.41) is 17.1. The largest absolute Gasteiger partial charge is 0.272 e. The van der Waals surface area contributed by atoms with E-state index >= 15 is 0 Å². The number of carbonyl (C=O) groups excluding carboxylic acids is 1. The molecule has 1 unspecified atom stereocenters. The van der Waals surface area contributed by atoms with Crippen molar-refractivity contribution in [2.45, 2.75) is 12.5 Å². The van der Waals surface area contributed by atoms with E-state index in [9.17, 15) is 14.9 Å². The highest BCUT2D eigenvalue weighted by Gasteiger charge is 2.32. The molecule has 1 atom stereocenters. The predicted molar refractivity (Wildman–Crippen MR) is 96.0 cm³/mol. The van der Waals surface area contributed by atoms with E-state index in [1.807, 2.05) is 12.1 Å². The number of hydrogen-bond acceptors (Lipinski definition) is 4. The lowest BCUT2D eigenvalue weighted by Crippen LogP contribution is -2.27. The molecule has 0 aromatic heterocycles. The molecule has 0 fully saturated rings. The average Bonchev–Trinajstić information content (AvgIpc) is 3.07. The van der Waals surface area contributed by atoms with E-state index in [1.54, 1.807) is 24.3 Å². The zero-order valence-corrected chi connectivity index (χ0v) is 14.4. The van der Waals surface area contributed by atoms with Crippen LogP contribution in [0.25, 0.3) is 0 Å². The number of benzene rings is 2. The summed E-state index contributed by atoms with van der Waals surface area (Å²) in [6, 6.07) is 13.0. The van der Waals surface area contributed by atoms with Crippen molar-refractivity contribution in [1.29, 1.82) is 0 Å². The maximum atomic E-state index is 12.2. The lowest BCUT2D eigenvalue weighted by atomic mass is 9.98. The number of alkyl halides is 1. The molecule has 8 heteroatoms. The third-order valence-electron chi connectivity index (χ3n) is 3.95. The van der Waals surface area contributed by atoms with Crippen molar-refractivity contribution in [2.75, 3.05) is 5.88 Å². The summed E-state index contributed by atoms with van der Waals surface area (Å²) in [5.74, 6) is -0.486. The van der Waals surface area contributed by atoms with E-state index < -0.39 is 4.92 Å². The monoisotopic (exact) mass is 377 g/mol. The van der Waals surface area contributed by atoms with Gasteiger partial charge in [0.25, 0.3) is 11.6 Å². The van der Waals surface area contributed by atoms with Crippen LogP contribution in [0.5, 0.6) is 0 Å². The molecule has 0 saturated carbocycles. The van der Waals surface area contributed by atoms with Gasteiger partial charge in [-0.05, 0) is 35.4 Å². The van der Waals surface area contributed by atoms with Gasteiger partial charge in [0, 0.05) is 23.6 Å². The molecule has 0 N–H and O–H groups in total. The van der Waals surface area contributed by atoms with Gasteiger partial charge in [-0.1, -0.05) is 23.7 Å². The second kappa shape index (κ2) is 7.21. The SMILES string of the molecule is O=C(CCl)N1N=C(c2ccc([N+](=O)[O-])cc2)CC1c1ccc(Cl)cc1. The molecule has 2 aromatic carbocycles. The molecular formula is C17H13Cl2N3O3. The molecule has 1 amide bonds. The van der Waals surface area contributed by atoms with Crippen LogP contribution >= 0.6 is 23.2 Å². The zero-order valence-electron chi connectivity index (χ0n) is 12.9. The summed E-state index contributed by atoms with van der Waals surface area (Å²) in [4.78, 5) is 22.5. The van der Waals surface area contributed by atoms with Crippen LogP contribution in [0.2, 0.25) is 5.02 Å². The molecular weight excluding hydrogens is 365 g/mol. The number of hydrogen-bond donors (Lipinski definition) is 0. The van der Waals surface area contributed by atoms with Gasteiger partial charge >= 0.3 is 0 Å². The van der Waals surface area contributed by atoms with Crippen molar-refractivity contribution in [3.05, 3.63) is 74.8 Å². The third-order valence-corrected chi connectivity index (χ3v) is 4.43. The quantitative estimate of drug-likeness (QED) is 0.455.